The molecule has 3 aliphatic rings. The minimum absolute atomic E-state index is 0.00293. The quantitative estimate of drug-likeness (QED) is 0.107. The Hall–Kier alpha value is -5.35. The maximum absolute atomic E-state index is 13.8. The van der Waals surface area contributed by atoms with Crippen molar-refractivity contribution in [3.05, 3.63) is 76.3 Å². The van der Waals surface area contributed by atoms with Gasteiger partial charge in [-0.15, -0.1) is 0 Å². The number of hydrogen-bond donors (Lipinski definition) is 3. The van der Waals surface area contributed by atoms with Crippen LogP contribution >= 0.6 is 23.8 Å². The highest BCUT2D eigenvalue weighted by Crippen LogP contribution is 2.41. The van der Waals surface area contributed by atoms with E-state index in [0.717, 1.165) is 17.0 Å². The van der Waals surface area contributed by atoms with Crippen molar-refractivity contribution in [3.8, 4) is 11.8 Å². The van der Waals surface area contributed by atoms with Gasteiger partial charge in [-0.1, -0.05) is 11.6 Å². The number of rotatable bonds is 13. The maximum atomic E-state index is 13.8. The van der Waals surface area contributed by atoms with E-state index < -0.39 is 47.4 Å². The molecule has 2 atom stereocenters. The first-order valence-corrected chi connectivity index (χ1v) is 20.0. The molecular formula is C41H43ClF4N8O5S. The highest BCUT2D eigenvalue weighted by Gasteiger charge is 2.51. The summed E-state index contributed by atoms with van der Waals surface area (Å²) in [7, 11) is 0. The summed E-state index contributed by atoms with van der Waals surface area (Å²) >= 11 is 12.0. The molecular weight excluding hydrogens is 828 g/mol. The van der Waals surface area contributed by atoms with Crippen LogP contribution in [0, 0.1) is 11.3 Å². The Bertz CT molecular complexity index is 2240. The van der Waals surface area contributed by atoms with Crippen molar-refractivity contribution in [3.63, 3.8) is 0 Å². The van der Waals surface area contributed by atoms with Crippen molar-refractivity contribution < 1.29 is 41.5 Å². The number of nitriles is 1. The molecule has 3 aromatic rings. The molecule has 3 heterocycles. The fraction of sp³-hybridized carbons (Fsp3) is 0.415. The van der Waals surface area contributed by atoms with Crippen molar-refractivity contribution in [1.29, 1.82) is 5.26 Å². The number of thiocarbonyl (C=S) groups is 1. The molecule has 3 fully saturated rings. The largest absolute Gasteiger partial charge is 0.492 e. The van der Waals surface area contributed by atoms with E-state index in [1.807, 2.05) is 6.92 Å². The highest BCUT2D eigenvalue weighted by atomic mass is 35.5. The van der Waals surface area contributed by atoms with Gasteiger partial charge < -0.3 is 20.3 Å². The van der Waals surface area contributed by atoms with Crippen LogP contribution in [0.3, 0.4) is 0 Å². The van der Waals surface area contributed by atoms with Gasteiger partial charge in [-0.25, -0.2) is 0 Å². The van der Waals surface area contributed by atoms with Crippen LogP contribution in [0.4, 0.5) is 40.3 Å². The molecule has 2 unspecified atom stereocenters. The Balaban J connectivity index is 1.03. The van der Waals surface area contributed by atoms with Crippen LogP contribution in [0.2, 0.25) is 5.02 Å². The fourth-order valence-corrected chi connectivity index (χ4v) is 8.32. The standard InChI is InChI=1S/C41H43ClF4N8O5S/c1-24-22-51(12-13-52(24)23-36(56)49-29-18-27(42)17-28(19-29)48-33-7-9-35(55)50-37(33)57)14-15-59-34-8-6-31(16-25(34)10-11-43)54-39(60)53(38(58)40(54,2)3)30-5-4-26(21-47)32(20-30)41(44,45)46/h4-6,8,16-20,24,33,48H,7,9-15,22-23H2,1-3H3,(H,49,56)(H,50,55,57). The van der Waals surface area contributed by atoms with Gasteiger partial charge >= 0.3 is 6.18 Å². The van der Waals surface area contributed by atoms with E-state index in [1.165, 1.54) is 17.0 Å². The van der Waals surface area contributed by atoms with Crippen molar-refractivity contribution in [2.75, 3.05) is 66.4 Å². The highest BCUT2D eigenvalue weighted by molar-refractivity contribution is 7.81. The number of carbonyl (C=O) groups excluding carboxylic acids is 4. The number of carbonyl (C=O) groups is 4. The minimum atomic E-state index is -4.84. The van der Waals surface area contributed by atoms with Crippen LogP contribution in [0.1, 0.15) is 50.3 Å². The average Bonchev–Trinajstić information content (AvgIpc) is 3.35. The zero-order valence-electron chi connectivity index (χ0n) is 33.0. The number of anilines is 4. The number of alkyl halides is 4. The number of halogens is 5. The molecule has 19 heteroatoms. The summed E-state index contributed by atoms with van der Waals surface area (Å²) in [5.74, 6) is -1.13. The molecule has 0 aliphatic carbocycles. The molecule has 3 saturated heterocycles. The van der Waals surface area contributed by atoms with E-state index in [-0.39, 0.29) is 54.6 Å². The van der Waals surface area contributed by atoms with E-state index >= 15 is 0 Å². The molecule has 0 radical (unpaired) electrons. The Morgan fingerprint density at radius 1 is 1.07 bits per heavy atom. The smallest absolute Gasteiger partial charge is 0.417 e. The molecule has 3 N–H and O–H groups in total. The van der Waals surface area contributed by atoms with Crippen molar-refractivity contribution in [2.24, 2.45) is 0 Å². The first kappa shape index (κ1) is 44.2. The third-order valence-electron chi connectivity index (χ3n) is 10.6. The van der Waals surface area contributed by atoms with Gasteiger partial charge in [0.2, 0.25) is 17.7 Å². The molecule has 3 aliphatic heterocycles. The number of piperazine rings is 1. The van der Waals surface area contributed by atoms with Crippen LogP contribution < -0.4 is 30.5 Å². The third kappa shape index (κ3) is 9.81. The Labute approximate surface area is 354 Å². The van der Waals surface area contributed by atoms with Gasteiger partial charge in [-0.3, -0.25) is 43.6 Å². The van der Waals surface area contributed by atoms with E-state index in [2.05, 4.69) is 25.8 Å². The molecule has 4 amide bonds. The lowest BCUT2D eigenvalue weighted by Crippen LogP contribution is -2.54. The fourth-order valence-electron chi connectivity index (χ4n) is 7.56. The Kier molecular flexibility index (Phi) is 13.3. The first-order chi connectivity index (χ1) is 28.4. The number of nitrogens with one attached hydrogen (secondary N) is 3. The summed E-state index contributed by atoms with van der Waals surface area (Å²) in [5.41, 5.74) is -1.31. The lowest BCUT2D eigenvalue weighted by molar-refractivity contribution is -0.138. The number of nitrogens with zero attached hydrogens (tertiary/aromatic N) is 5. The van der Waals surface area contributed by atoms with Crippen molar-refractivity contribution >= 4 is 75.3 Å². The van der Waals surface area contributed by atoms with Crippen molar-refractivity contribution in [2.45, 2.75) is 63.8 Å². The lowest BCUT2D eigenvalue weighted by Gasteiger charge is -2.39. The number of piperidine rings is 1. The van der Waals surface area contributed by atoms with Gasteiger partial charge in [0.15, 0.2) is 5.11 Å². The second kappa shape index (κ2) is 18.1. The summed E-state index contributed by atoms with van der Waals surface area (Å²) in [4.78, 5) is 57.3. The second-order valence-electron chi connectivity index (χ2n) is 15.3. The third-order valence-corrected chi connectivity index (χ3v) is 11.2. The number of hydrogen-bond acceptors (Lipinski definition) is 10. The number of aryl methyl sites for hydroxylation is 1. The summed E-state index contributed by atoms with van der Waals surface area (Å²) < 4.78 is 61.3. The van der Waals surface area contributed by atoms with Crippen LogP contribution in [-0.4, -0.2) is 102 Å². The van der Waals surface area contributed by atoms with Gasteiger partial charge in [-0.05, 0) is 99.6 Å². The molecule has 318 valence electrons. The number of imide groups is 1. The van der Waals surface area contributed by atoms with Gasteiger partial charge in [0.1, 0.15) is 23.9 Å². The Morgan fingerprint density at radius 3 is 2.48 bits per heavy atom. The van der Waals surface area contributed by atoms with Crippen LogP contribution in [-0.2, 0) is 31.8 Å². The number of ether oxygens (including phenoxy) is 1. The predicted octanol–water partition coefficient (Wildman–Crippen LogP) is 5.90. The summed E-state index contributed by atoms with van der Waals surface area (Å²) in [6.45, 7) is 7.36. The zero-order valence-corrected chi connectivity index (χ0v) is 34.6. The normalized spacial score (nSPS) is 19.9. The molecule has 3 aromatic carbocycles. The van der Waals surface area contributed by atoms with Crippen LogP contribution in [0.25, 0.3) is 0 Å². The summed E-state index contributed by atoms with van der Waals surface area (Å²) in [6.07, 6.45) is -4.28. The van der Waals surface area contributed by atoms with Gasteiger partial charge in [0, 0.05) is 67.1 Å². The molecule has 0 aromatic heterocycles. The van der Waals surface area contributed by atoms with Crippen LogP contribution in [0.5, 0.6) is 5.75 Å². The van der Waals surface area contributed by atoms with Gasteiger partial charge in [0.05, 0.1) is 36.1 Å². The predicted molar refractivity (Wildman–Crippen MR) is 222 cm³/mol. The summed E-state index contributed by atoms with van der Waals surface area (Å²) in [6, 6.07) is 13.8. The average molecular weight is 871 g/mol. The zero-order chi connectivity index (χ0) is 43.5. The molecule has 13 nitrogen and oxygen atoms in total. The van der Waals surface area contributed by atoms with E-state index in [4.69, 9.17) is 28.6 Å². The van der Waals surface area contributed by atoms with E-state index in [1.54, 1.807) is 50.2 Å². The number of benzene rings is 3. The first-order valence-electron chi connectivity index (χ1n) is 19.2. The van der Waals surface area contributed by atoms with Crippen molar-refractivity contribution in [1.82, 2.24) is 15.1 Å². The van der Waals surface area contributed by atoms with Gasteiger partial charge in [-0.2, -0.15) is 18.4 Å². The SMILES string of the molecule is CC1CN(CCOc2ccc(N3C(=S)N(c4ccc(C#N)c(C(F)(F)F)c4)C(=O)C3(C)C)cc2CCF)CCN1CC(=O)Nc1cc(Cl)cc(NC2CCC(=O)NC2=O)c1. The van der Waals surface area contributed by atoms with Crippen LogP contribution in [0.15, 0.2) is 54.6 Å². The second-order valence-corrected chi connectivity index (χ2v) is 16.1. The number of amides is 4. The van der Waals surface area contributed by atoms with E-state index in [0.29, 0.717) is 66.0 Å². The molecule has 0 saturated carbocycles. The van der Waals surface area contributed by atoms with Gasteiger partial charge in [0.25, 0.3) is 5.91 Å². The minimum Gasteiger partial charge on any atom is -0.492 e. The molecule has 0 bridgehead atoms. The monoisotopic (exact) mass is 870 g/mol. The Morgan fingerprint density at radius 2 is 1.80 bits per heavy atom. The molecule has 6 rings (SSSR count). The molecule has 0 spiro atoms. The summed E-state index contributed by atoms with van der Waals surface area (Å²) in [5, 5.41) is 17.8. The lowest BCUT2D eigenvalue weighted by atomic mass is 10.0. The molecule has 60 heavy (non-hydrogen) atoms. The maximum Gasteiger partial charge on any atom is 0.417 e. The topological polar surface area (TPSA) is 150 Å². The van der Waals surface area contributed by atoms with E-state index in [9.17, 15) is 42.0 Å².